The molecule has 0 saturated heterocycles. The molecule has 0 heterocycles. The number of rotatable bonds is 12. The lowest BCUT2D eigenvalue weighted by Crippen LogP contribution is -2.48. The summed E-state index contributed by atoms with van der Waals surface area (Å²) in [6.45, 7) is 14.5. The molecule has 0 spiro atoms. The molecule has 1 aliphatic rings. The Labute approximate surface area is 198 Å². The summed E-state index contributed by atoms with van der Waals surface area (Å²) in [5.74, 6) is -0.162. The van der Waals surface area contributed by atoms with E-state index in [1.807, 2.05) is 13.8 Å². The fourth-order valence-corrected chi connectivity index (χ4v) is 7.36. The van der Waals surface area contributed by atoms with Gasteiger partial charge in [-0.3, -0.25) is 9.59 Å². The van der Waals surface area contributed by atoms with Crippen molar-refractivity contribution in [3.63, 3.8) is 0 Å². The number of hydrogen-bond donors (Lipinski definition) is 0. The average molecular weight is 518 g/mol. The standard InChI is InChI=1S/C24H41BrO5Si/c1-8-28-22(26)24(23(27)29-9-2,17-21(25)18(6)7)19-13-15-20(16-14-19)30-31(10-3,11-4)12-5/h15,19H,8-14,16-17H2,1-7H3. The smallest absolute Gasteiger partial charge is 0.324 e. The zero-order valence-electron chi connectivity index (χ0n) is 20.4. The second-order valence-corrected chi connectivity index (χ2v) is 14.1. The molecule has 0 bridgehead atoms. The van der Waals surface area contributed by atoms with E-state index in [2.05, 4.69) is 42.8 Å². The van der Waals surface area contributed by atoms with Crippen LogP contribution in [0.3, 0.4) is 0 Å². The van der Waals surface area contributed by atoms with E-state index in [1.54, 1.807) is 13.8 Å². The summed E-state index contributed by atoms with van der Waals surface area (Å²) in [7, 11) is -1.75. The SMILES string of the molecule is CCOC(=O)C(CC(Br)=C(C)C)(C(=O)OCC)C1CC=C(O[Si](CC)(CC)CC)CC1. The third-order valence-corrected chi connectivity index (χ3v) is 12.2. The third kappa shape index (κ3) is 6.70. The van der Waals surface area contributed by atoms with E-state index in [9.17, 15) is 9.59 Å². The highest BCUT2D eigenvalue weighted by Crippen LogP contribution is 2.47. The van der Waals surface area contributed by atoms with E-state index in [1.165, 1.54) is 0 Å². The number of halogens is 1. The molecule has 0 radical (unpaired) electrons. The summed E-state index contributed by atoms with van der Waals surface area (Å²) in [6, 6.07) is 3.26. The van der Waals surface area contributed by atoms with E-state index >= 15 is 0 Å². The molecule has 31 heavy (non-hydrogen) atoms. The van der Waals surface area contributed by atoms with Crippen molar-refractivity contribution in [3.05, 3.63) is 21.9 Å². The van der Waals surface area contributed by atoms with Gasteiger partial charge in [-0.2, -0.15) is 0 Å². The molecule has 178 valence electrons. The molecule has 7 heteroatoms. The number of esters is 2. The van der Waals surface area contributed by atoms with Crippen molar-refractivity contribution in [3.8, 4) is 0 Å². The molecule has 0 fully saturated rings. The fraction of sp³-hybridized carbons (Fsp3) is 0.750. The topological polar surface area (TPSA) is 61.8 Å². The van der Waals surface area contributed by atoms with Gasteiger partial charge in [0.2, 0.25) is 8.32 Å². The average Bonchev–Trinajstić information content (AvgIpc) is 2.76. The number of carbonyl (C=O) groups is 2. The second-order valence-electron chi connectivity index (χ2n) is 8.48. The Morgan fingerprint density at radius 3 is 1.90 bits per heavy atom. The minimum Gasteiger partial charge on any atom is -0.547 e. The van der Waals surface area contributed by atoms with Crippen LogP contribution in [-0.4, -0.2) is 33.5 Å². The zero-order valence-corrected chi connectivity index (χ0v) is 23.0. The fourth-order valence-electron chi connectivity index (χ4n) is 4.24. The number of carbonyl (C=O) groups excluding carboxylic acids is 2. The van der Waals surface area contributed by atoms with Crippen LogP contribution in [0.2, 0.25) is 18.1 Å². The van der Waals surface area contributed by atoms with Crippen molar-refractivity contribution in [1.82, 2.24) is 0 Å². The van der Waals surface area contributed by atoms with E-state index in [4.69, 9.17) is 13.9 Å². The van der Waals surface area contributed by atoms with Gasteiger partial charge in [-0.1, -0.05) is 42.3 Å². The first kappa shape index (κ1) is 28.0. The van der Waals surface area contributed by atoms with Gasteiger partial charge in [-0.15, -0.1) is 0 Å². The van der Waals surface area contributed by atoms with Crippen molar-refractivity contribution in [2.24, 2.45) is 11.3 Å². The Hall–Kier alpha value is -1.08. The molecule has 1 rings (SSSR count). The first-order valence-corrected chi connectivity index (χ1v) is 15.0. The van der Waals surface area contributed by atoms with Crippen LogP contribution in [0.5, 0.6) is 0 Å². The van der Waals surface area contributed by atoms with Gasteiger partial charge in [0, 0.05) is 12.8 Å². The molecule has 0 N–H and O–H groups in total. The predicted molar refractivity (Wildman–Crippen MR) is 131 cm³/mol. The molecule has 0 aromatic carbocycles. The van der Waals surface area contributed by atoms with Crippen molar-refractivity contribution in [1.29, 1.82) is 0 Å². The van der Waals surface area contributed by atoms with E-state index in [0.717, 1.165) is 40.4 Å². The Morgan fingerprint density at radius 1 is 1.03 bits per heavy atom. The van der Waals surface area contributed by atoms with Crippen LogP contribution < -0.4 is 0 Å². The van der Waals surface area contributed by atoms with Crippen LogP contribution in [0.25, 0.3) is 0 Å². The Balaban J connectivity index is 3.33. The minimum absolute atomic E-state index is 0.203. The third-order valence-electron chi connectivity index (χ3n) is 6.60. The number of hydrogen-bond acceptors (Lipinski definition) is 5. The molecule has 1 atom stereocenters. The largest absolute Gasteiger partial charge is 0.547 e. The minimum atomic E-state index is -1.75. The molecule has 0 aromatic rings. The number of allylic oxidation sites excluding steroid dienone is 4. The highest BCUT2D eigenvalue weighted by molar-refractivity contribution is 9.11. The second kappa shape index (κ2) is 12.8. The monoisotopic (exact) mass is 516 g/mol. The van der Waals surface area contributed by atoms with Crippen molar-refractivity contribution in [2.75, 3.05) is 13.2 Å². The molecular weight excluding hydrogens is 476 g/mol. The lowest BCUT2D eigenvalue weighted by Gasteiger charge is -2.39. The van der Waals surface area contributed by atoms with E-state index in [0.29, 0.717) is 12.8 Å². The van der Waals surface area contributed by atoms with Crippen molar-refractivity contribution >= 4 is 36.2 Å². The van der Waals surface area contributed by atoms with E-state index < -0.39 is 25.7 Å². The van der Waals surface area contributed by atoms with Crippen molar-refractivity contribution in [2.45, 2.75) is 92.3 Å². The summed E-state index contributed by atoms with van der Waals surface area (Å²) in [6.07, 6.45) is 4.36. The predicted octanol–water partition coefficient (Wildman–Crippen LogP) is 6.88. The summed E-state index contributed by atoms with van der Waals surface area (Å²) >= 11 is 3.59. The molecule has 0 amide bonds. The highest BCUT2D eigenvalue weighted by Gasteiger charge is 2.55. The van der Waals surface area contributed by atoms with Crippen LogP contribution in [0, 0.1) is 11.3 Å². The summed E-state index contributed by atoms with van der Waals surface area (Å²) in [4.78, 5) is 26.6. The Morgan fingerprint density at radius 2 is 1.55 bits per heavy atom. The van der Waals surface area contributed by atoms with Gasteiger partial charge < -0.3 is 13.9 Å². The normalized spacial score (nSPS) is 16.9. The van der Waals surface area contributed by atoms with Gasteiger partial charge in [0.15, 0.2) is 5.41 Å². The summed E-state index contributed by atoms with van der Waals surface area (Å²) in [5, 5.41) is 0. The van der Waals surface area contributed by atoms with Crippen LogP contribution in [0.1, 0.15) is 74.1 Å². The first-order valence-electron chi connectivity index (χ1n) is 11.7. The van der Waals surface area contributed by atoms with Crippen LogP contribution >= 0.6 is 15.9 Å². The molecule has 0 aromatic heterocycles. The van der Waals surface area contributed by atoms with Gasteiger partial charge in [0.25, 0.3) is 0 Å². The van der Waals surface area contributed by atoms with Gasteiger partial charge in [-0.25, -0.2) is 0 Å². The maximum atomic E-state index is 13.3. The summed E-state index contributed by atoms with van der Waals surface area (Å²) in [5.41, 5.74) is -0.336. The van der Waals surface area contributed by atoms with Crippen LogP contribution in [-0.2, 0) is 23.5 Å². The lowest BCUT2D eigenvalue weighted by molar-refractivity contribution is -0.177. The maximum absolute atomic E-state index is 13.3. The molecule has 0 aliphatic heterocycles. The van der Waals surface area contributed by atoms with Crippen molar-refractivity contribution < 1.29 is 23.5 Å². The van der Waals surface area contributed by atoms with Crippen LogP contribution in [0.15, 0.2) is 21.9 Å². The Kier molecular flexibility index (Phi) is 11.6. The molecular formula is C24H41BrO5Si. The lowest BCUT2D eigenvalue weighted by atomic mass is 9.67. The quantitative estimate of drug-likeness (QED) is 0.160. The first-order chi connectivity index (χ1) is 14.7. The molecule has 5 nitrogen and oxygen atoms in total. The van der Waals surface area contributed by atoms with Gasteiger partial charge >= 0.3 is 11.9 Å². The molecule has 1 unspecified atom stereocenters. The summed E-state index contributed by atoms with van der Waals surface area (Å²) < 4.78 is 18.3. The maximum Gasteiger partial charge on any atom is 0.324 e. The Bertz CT molecular complexity index is 651. The highest BCUT2D eigenvalue weighted by atomic mass is 79.9. The van der Waals surface area contributed by atoms with Gasteiger partial charge in [0.05, 0.1) is 19.0 Å². The van der Waals surface area contributed by atoms with Crippen LogP contribution in [0.4, 0.5) is 0 Å². The molecule has 0 saturated carbocycles. The van der Waals surface area contributed by atoms with E-state index in [-0.39, 0.29) is 25.6 Å². The van der Waals surface area contributed by atoms with Gasteiger partial charge in [-0.05, 0) is 75.1 Å². The zero-order chi connectivity index (χ0) is 23.7. The molecule has 1 aliphatic carbocycles. The van der Waals surface area contributed by atoms with Gasteiger partial charge in [0.1, 0.15) is 0 Å². The number of ether oxygens (including phenoxy) is 2.